The minimum Gasteiger partial charge on any atom is -0.323 e. The van der Waals surface area contributed by atoms with Gasteiger partial charge in [-0.25, -0.2) is 4.98 Å². The minimum atomic E-state index is 0.576. The van der Waals surface area contributed by atoms with Crippen LogP contribution in [0.1, 0.15) is 17.1 Å². The lowest BCUT2D eigenvalue weighted by Crippen LogP contribution is -2.06. The molecule has 3 aromatic rings. The number of hydrogen-bond donors (Lipinski definition) is 0. The molecule has 2 aromatic heterocycles. The van der Waals surface area contributed by atoms with Gasteiger partial charge in [0.2, 0.25) is 0 Å². The largest absolute Gasteiger partial charge is 0.323 e. The normalized spacial score (nSPS) is 11.4. The summed E-state index contributed by atoms with van der Waals surface area (Å²) in [5.41, 5.74) is 4.45. The second-order valence-electron chi connectivity index (χ2n) is 5.10. The topological polar surface area (TPSA) is 35.6 Å². The number of fused-ring (bicyclic) bond motifs is 1. The van der Waals surface area contributed by atoms with Crippen LogP contribution in [0.4, 0.5) is 0 Å². The van der Waals surface area contributed by atoms with Gasteiger partial charge < -0.3 is 4.57 Å². The molecule has 0 aliphatic rings. The number of aryl methyl sites for hydroxylation is 3. The summed E-state index contributed by atoms with van der Waals surface area (Å²) >= 11 is 8.25. The van der Waals surface area contributed by atoms with E-state index in [4.69, 9.17) is 16.6 Å². The molecule has 1 aromatic carbocycles. The van der Waals surface area contributed by atoms with Crippen molar-refractivity contribution >= 4 is 45.2 Å². The molecule has 0 N–H and O–H groups in total. The van der Waals surface area contributed by atoms with Crippen molar-refractivity contribution in [1.82, 2.24) is 19.3 Å². The molecule has 0 atom stereocenters. The number of alkyl halides is 1. The SMILES string of the molecule is Cc1nn(C)cc1Cn1c(CCCl)nc2cc(I)ccc21. The van der Waals surface area contributed by atoms with E-state index in [2.05, 4.69) is 56.7 Å². The van der Waals surface area contributed by atoms with Gasteiger partial charge in [0.1, 0.15) is 5.82 Å². The van der Waals surface area contributed by atoms with Crippen molar-refractivity contribution in [3.05, 3.63) is 45.0 Å². The maximum atomic E-state index is 5.93. The monoisotopic (exact) mass is 414 g/mol. The van der Waals surface area contributed by atoms with E-state index in [9.17, 15) is 0 Å². The van der Waals surface area contributed by atoms with Crippen LogP contribution in [-0.2, 0) is 20.0 Å². The van der Waals surface area contributed by atoms with Crippen molar-refractivity contribution in [3.8, 4) is 0 Å². The molecule has 0 spiro atoms. The molecule has 4 nitrogen and oxygen atoms in total. The molecule has 2 heterocycles. The summed E-state index contributed by atoms with van der Waals surface area (Å²) in [6.07, 6.45) is 2.84. The molecule has 0 fully saturated rings. The average Bonchev–Trinajstić information content (AvgIpc) is 2.91. The quantitative estimate of drug-likeness (QED) is 0.484. The standard InChI is InChI=1S/C15H16ClIN4/c1-10-11(8-20(2)19-10)9-21-14-4-3-12(17)7-13(14)18-15(21)5-6-16/h3-4,7-8H,5-6,9H2,1-2H3. The van der Waals surface area contributed by atoms with E-state index >= 15 is 0 Å². The summed E-state index contributed by atoms with van der Waals surface area (Å²) in [6, 6.07) is 6.36. The van der Waals surface area contributed by atoms with Crippen LogP contribution in [0.5, 0.6) is 0 Å². The number of benzene rings is 1. The number of halogens is 2. The molecule has 0 amide bonds. The van der Waals surface area contributed by atoms with E-state index in [-0.39, 0.29) is 0 Å². The molecular weight excluding hydrogens is 399 g/mol. The Bertz CT molecular complexity index is 790. The maximum absolute atomic E-state index is 5.93. The highest BCUT2D eigenvalue weighted by molar-refractivity contribution is 14.1. The van der Waals surface area contributed by atoms with Gasteiger partial charge in [-0.1, -0.05) is 0 Å². The van der Waals surface area contributed by atoms with Crippen molar-refractivity contribution in [1.29, 1.82) is 0 Å². The molecular formula is C15H16ClIN4. The summed E-state index contributed by atoms with van der Waals surface area (Å²) in [5, 5.41) is 4.42. The summed E-state index contributed by atoms with van der Waals surface area (Å²) in [6.45, 7) is 2.82. The molecule has 6 heteroatoms. The predicted molar refractivity (Wildman–Crippen MR) is 93.9 cm³/mol. The lowest BCUT2D eigenvalue weighted by molar-refractivity contribution is 0.747. The molecule has 0 unspecified atom stereocenters. The Morgan fingerprint density at radius 2 is 2.14 bits per heavy atom. The van der Waals surface area contributed by atoms with E-state index in [0.717, 1.165) is 35.5 Å². The maximum Gasteiger partial charge on any atom is 0.111 e. The zero-order valence-electron chi connectivity index (χ0n) is 12.0. The second kappa shape index (κ2) is 5.96. The van der Waals surface area contributed by atoms with Crippen LogP contribution < -0.4 is 0 Å². The summed E-state index contributed by atoms with van der Waals surface area (Å²) in [4.78, 5) is 4.74. The molecule has 0 bridgehead atoms. The molecule has 21 heavy (non-hydrogen) atoms. The van der Waals surface area contributed by atoms with Gasteiger partial charge in [-0.3, -0.25) is 4.68 Å². The Labute approximate surface area is 142 Å². The van der Waals surface area contributed by atoms with E-state index < -0.39 is 0 Å². The fourth-order valence-electron chi connectivity index (χ4n) is 2.58. The average molecular weight is 415 g/mol. The van der Waals surface area contributed by atoms with E-state index in [0.29, 0.717) is 5.88 Å². The predicted octanol–water partition coefficient (Wildman–Crippen LogP) is 3.51. The van der Waals surface area contributed by atoms with Crippen molar-refractivity contribution in [2.24, 2.45) is 7.05 Å². The molecule has 0 aliphatic heterocycles. The molecule has 110 valence electrons. The first-order valence-corrected chi connectivity index (χ1v) is 8.39. The fraction of sp³-hybridized carbons (Fsp3) is 0.333. The lowest BCUT2D eigenvalue weighted by atomic mass is 10.2. The zero-order valence-corrected chi connectivity index (χ0v) is 14.9. The van der Waals surface area contributed by atoms with Crippen LogP contribution in [0.25, 0.3) is 11.0 Å². The third kappa shape index (κ3) is 2.94. The minimum absolute atomic E-state index is 0.576. The molecule has 3 rings (SSSR count). The Morgan fingerprint density at radius 1 is 1.33 bits per heavy atom. The van der Waals surface area contributed by atoms with E-state index in [1.54, 1.807) is 0 Å². The van der Waals surface area contributed by atoms with Crippen LogP contribution in [0.15, 0.2) is 24.4 Å². The number of nitrogens with zero attached hydrogens (tertiary/aromatic N) is 4. The van der Waals surface area contributed by atoms with Gasteiger partial charge in [-0.2, -0.15) is 5.10 Å². The number of hydrogen-bond acceptors (Lipinski definition) is 2. The smallest absolute Gasteiger partial charge is 0.111 e. The molecule has 0 saturated carbocycles. The van der Waals surface area contributed by atoms with Crippen molar-refractivity contribution in [2.45, 2.75) is 19.9 Å². The van der Waals surface area contributed by atoms with Gasteiger partial charge >= 0.3 is 0 Å². The molecule has 0 saturated heterocycles. The van der Waals surface area contributed by atoms with Gasteiger partial charge in [0, 0.05) is 34.7 Å². The number of rotatable bonds is 4. The summed E-state index contributed by atoms with van der Waals surface area (Å²) in [5.74, 6) is 1.61. The summed E-state index contributed by atoms with van der Waals surface area (Å²) < 4.78 is 5.30. The highest BCUT2D eigenvalue weighted by atomic mass is 127. The summed E-state index contributed by atoms with van der Waals surface area (Å²) in [7, 11) is 1.95. The van der Waals surface area contributed by atoms with Crippen molar-refractivity contribution in [2.75, 3.05) is 5.88 Å². The van der Waals surface area contributed by atoms with Crippen LogP contribution >= 0.6 is 34.2 Å². The van der Waals surface area contributed by atoms with Crippen LogP contribution in [0.3, 0.4) is 0 Å². The first-order chi connectivity index (χ1) is 10.1. The van der Waals surface area contributed by atoms with E-state index in [1.165, 1.54) is 9.13 Å². The Balaban J connectivity index is 2.10. The van der Waals surface area contributed by atoms with Gasteiger partial charge in [0.15, 0.2) is 0 Å². The number of aromatic nitrogens is 4. The van der Waals surface area contributed by atoms with Crippen LogP contribution in [0.2, 0.25) is 0 Å². The lowest BCUT2D eigenvalue weighted by Gasteiger charge is -2.08. The highest BCUT2D eigenvalue weighted by Gasteiger charge is 2.13. The molecule has 0 radical (unpaired) electrons. The zero-order chi connectivity index (χ0) is 15.0. The first kappa shape index (κ1) is 14.8. The van der Waals surface area contributed by atoms with Crippen molar-refractivity contribution in [3.63, 3.8) is 0 Å². The van der Waals surface area contributed by atoms with Crippen LogP contribution in [-0.4, -0.2) is 25.2 Å². The Kier molecular flexibility index (Phi) is 4.21. The third-order valence-corrected chi connectivity index (χ3v) is 4.41. The molecule has 0 aliphatic carbocycles. The fourth-order valence-corrected chi connectivity index (χ4v) is 3.22. The second-order valence-corrected chi connectivity index (χ2v) is 6.72. The van der Waals surface area contributed by atoms with Gasteiger partial charge in [0.25, 0.3) is 0 Å². The van der Waals surface area contributed by atoms with E-state index in [1.807, 2.05) is 18.7 Å². The van der Waals surface area contributed by atoms with Gasteiger partial charge in [-0.15, -0.1) is 11.6 Å². The van der Waals surface area contributed by atoms with Crippen molar-refractivity contribution < 1.29 is 0 Å². The number of imidazole rings is 1. The van der Waals surface area contributed by atoms with Crippen LogP contribution in [0, 0.1) is 10.5 Å². The van der Waals surface area contributed by atoms with Gasteiger partial charge in [-0.05, 0) is 47.7 Å². The third-order valence-electron chi connectivity index (χ3n) is 3.55. The highest BCUT2D eigenvalue weighted by Crippen LogP contribution is 2.21. The Hall–Kier alpha value is -1.08. The first-order valence-electron chi connectivity index (χ1n) is 6.78. The van der Waals surface area contributed by atoms with Gasteiger partial charge in [0.05, 0.1) is 23.3 Å². The Morgan fingerprint density at radius 3 is 2.81 bits per heavy atom.